The van der Waals surface area contributed by atoms with Gasteiger partial charge in [0.05, 0.1) is 5.57 Å². The predicted octanol–water partition coefficient (Wildman–Crippen LogP) is 1.93. The zero-order valence-electron chi connectivity index (χ0n) is 9.16. The second kappa shape index (κ2) is 3.42. The first-order valence-corrected chi connectivity index (χ1v) is 4.90. The first-order valence-electron chi connectivity index (χ1n) is 4.90. The van der Waals surface area contributed by atoms with Crippen molar-refractivity contribution in [2.45, 2.75) is 6.92 Å². The molecule has 1 amide bonds. The number of para-hydroxylation sites is 1. The third-order valence-electron chi connectivity index (χ3n) is 2.70. The minimum atomic E-state index is -0.0117. The average Bonchev–Trinajstić information content (AvgIpc) is 2.52. The molecule has 0 unspecified atom stereocenters. The van der Waals surface area contributed by atoms with Crippen molar-refractivity contribution in [3.63, 3.8) is 0 Å². The van der Waals surface area contributed by atoms with Gasteiger partial charge in [0, 0.05) is 31.0 Å². The van der Waals surface area contributed by atoms with Gasteiger partial charge in [-0.3, -0.25) is 4.79 Å². The summed E-state index contributed by atoms with van der Waals surface area (Å²) >= 11 is 0. The van der Waals surface area contributed by atoms with E-state index in [4.69, 9.17) is 0 Å². The molecule has 1 aliphatic heterocycles. The molecular formula is C12H14N2O. The summed E-state index contributed by atoms with van der Waals surface area (Å²) in [5.74, 6) is -0.0117. The highest BCUT2D eigenvalue weighted by Crippen LogP contribution is 2.33. The first-order chi connectivity index (χ1) is 7.11. The normalized spacial score (nSPS) is 17.1. The van der Waals surface area contributed by atoms with E-state index in [0.29, 0.717) is 0 Å². The van der Waals surface area contributed by atoms with Crippen LogP contribution in [0, 0.1) is 0 Å². The van der Waals surface area contributed by atoms with Crippen LogP contribution in [-0.2, 0) is 4.79 Å². The number of anilines is 1. The molecule has 0 saturated carbocycles. The molecule has 2 rings (SSSR count). The van der Waals surface area contributed by atoms with E-state index < -0.39 is 0 Å². The largest absolute Gasteiger partial charge is 0.381 e. The van der Waals surface area contributed by atoms with Crippen molar-refractivity contribution in [1.82, 2.24) is 4.90 Å². The Balaban J connectivity index is 2.60. The summed E-state index contributed by atoms with van der Waals surface area (Å²) in [6.07, 6.45) is 0. The second-order valence-electron chi connectivity index (χ2n) is 3.85. The fraction of sp³-hybridized carbons (Fsp3) is 0.250. The van der Waals surface area contributed by atoms with E-state index in [1.165, 1.54) is 0 Å². The van der Waals surface area contributed by atoms with Crippen LogP contribution < -0.4 is 5.32 Å². The van der Waals surface area contributed by atoms with Gasteiger partial charge in [-0.15, -0.1) is 0 Å². The van der Waals surface area contributed by atoms with Gasteiger partial charge in [0.25, 0.3) is 5.91 Å². The number of amides is 1. The van der Waals surface area contributed by atoms with Gasteiger partial charge in [-0.2, -0.15) is 0 Å². The Hall–Kier alpha value is -1.77. The highest BCUT2D eigenvalue weighted by Gasteiger charge is 2.25. The van der Waals surface area contributed by atoms with E-state index in [0.717, 1.165) is 22.5 Å². The molecule has 1 heterocycles. The molecule has 1 aliphatic rings. The fourth-order valence-corrected chi connectivity index (χ4v) is 1.70. The van der Waals surface area contributed by atoms with Gasteiger partial charge in [0.15, 0.2) is 0 Å². The highest BCUT2D eigenvalue weighted by molar-refractivity contribution is 6.32. The highest BCUT2D eigenvalue weighted by atomic mass is 16.2. The van der Waals surface area contributed by atoms with E-state index in [-0.39, 0.29) is 5.91 Å². The third-order valence-corrected chi connectivity index (χ3v) is 2.70. The lowest BCUT2D eigenvalue weighted by molar-refractivity contribution is -0.110. The molecule has 0 fully saturated rings. The van der Waals surface area contributed by atoms with Crippen LogP contribution in [0.1, 0.15) is 12.5 Å². The van der Waals surface area contributed by atoms with Crippen LogP contribution in [-0.4, -0.2) is 24.9 Å². The number of carbonyl (C=O) groups excluding carboxylic acids is 1. The molecule has 15 heavy (non-hydrogen) atoms. The van der Waals surface area contributed by atoms with Crippen molar-refractivity contribution in [2.75, 3.05) is 19.4 Å². The van der Waals surface area contributed by atoms with Crippen LogP contribution in [0.2, 0.25) is 0 Å². The molecule has 3 nitrogen and oxygen atoms in total. The summed E-state index contributed by atoms with van der Waals surface area (Å²) in [5.41, 5.74) is 3.65. The van der Waals surface area contributed by atoms with E-state index in [2.05, 4.69) is 5.32 Å². The quantitative estimate of drug-likeness (QED) is 0.706. The van der Waals surface area contributed by atoms with Crippen molar-refractivity contribution in [2.24, 2.45) is 0 Å². The predicted molar refractivity (Wildman–Crippen MR) is 61.4 cm³/mol. The lowest BCUT2D eigenvalue weighted by atomic mass is 10.1. The summed E-state index contributed by atoms with van der Waals surface area (Å²) < 4.78 is 0. The van der Waals surface area contributed by atoms with Crippen LogP contribution in [0.4, 0.5) is 5.69 Å². The smallest absolute Gasteiger partial charge is 0.258 e. The number of nitrogens with zero attached hydrogens (tertiary/aromatic N) is 1. The molecule has 0 bridgehead atoms. The van der Waals surface area contributed by atoms with Crippen LogP contribution in [0.25, 0.3) is 5.57 Å². The number of hydrogen-bond donors (Lipinski definition) is 1. The summed E-state index contributed by atoms with van der Waals surface area (Å²) in [4.78, 5) is 13.7. The SMILES string of the molecule is CC(=C1C(=O)Nc2ccccc21)N(C)C. The molecule has 1 aromatic rings. The Morgan fingerprint density at radius 2 is 1.93 bits per heavy atom. The average molecular weight is 202 g/mol. The Bertz CT molecular complexity index is 447. The van der Waals surface area contributed by atoms with Crippen LogP contribution in [0.15, 0.2) is 30.0 Å². The number of rotatable bonds is 1. The van der Waals surface area contributed by atoms with Gasteiger partial charge < -0.3 is 10.2 Å². The van der Waals surface area contributed by atoms with Gasteiger partial charge >= 0.3 is 0 Å². The van der Waals surface area contributed by atoms with Gasteiger partial charge in [0.1, 0.15) is 0 Å². The van der Waals surface area contributed by atoms with Gasteiger partial charge in [0.2, 0.25) is 0 Å². The maximum atomic E-state index is 11.8. The van der Waals surface area contributed by atoms with Crippen molar-refractivity contribution < 1.29 is 4.79 Å². The minimum absolute atomic E-state index is 0.0117. The standard InChI is InChI=1S/C12H14N2O/c1-8(14(2)3)11-9-6-4-5-7-10(9)13-12(11)15/h4-7H,1-3H3,(H,13,15). The molecule has 0 atom stereocenters. The molecular weight excluding hydrogens is 188 g/mol. The van der Waals surface area contributed by atoms with Crippen molar-refractivity contribution in [1.29, 1.82) is 0 Å². The molecule has 1 N–H and O–H groups in total. The molecule has 1 aromatic carbocycles. The molecule has 0 aromatic heterocycles. The van der Waals surface area contributed by atoms with E-state index in [9.17, 15) is 4.79 Å². The molecule has 3 heteroatoms. The number of benzene rings is 1. The number of hydrogen-bond acceptors (Lipinski definition) is 2. The number of carbonyl (C=O) groups is 1. The van der Waals surface area contributed by atoms with E-state index >= 15 is 0 Å². The maximum Gasteiger partial charge on any atom is 0.258 e. The minimum Gasteiger partial charge on any atom is -0.381 e. The number of fused-ring (bicyclic) bond motifs is 1. The van der Waals surface area contributed by atoms with Gasteiger partial charge in [-0.1, -0.05) is 18.2 Å². The number of nitrogens with one attached hydrogen (secondary N) is 1. The summed E-state index contributed by atoms with van der Waals surface area (Å²) in [5, 5.41) is 2.86. The summed E-state index contributed by atoms with van der Waals surface area (Å²) in [7, 11) is 3.88. The monoisotopic (exact) mass is 202 g/mol. The van der Waals surface area contributed by atoms with Crippen LogP contribution in [0.5, 0.6) is 0 Å². The zero-order valence-corrected chi connectivity index (χ0v) is 9.16. The van der Waals surface area contributed by atoms with Gasteiger partial charge in [-0.05, 0) is 13.0 Å². The molecule has 0 spiro atoms. The number of allylic oxidation sites excluding steroid dienone is 1. The lowest BCUT2D eigenvalue weighted by Gasteiger charge is -2.15. The van der Waals surface area contributed by atoms with Gasteiger partial charge in [-0.25, -0.2) is 0 Å². The van der Waals surface area contributed by atoms with Crippen molar-refractivity contribution in [3.05, 3.63) is 35.5 Å². The van der Waals surface area contributed by atoms with Crippen LogP contribution in [0.3, 0.4) is 0 Å². The Labute approximate surface area is 89.4 Å². The Kier molecular flexibility index (Phi) is 2.23. The van der Waals surface area contributed by atoms with Crippen molar-refractivity contribution in [3.8, 4) is 0 Å². The summed E-state index contributed by atoms with van der Waals surface area (Å²) in [6.45, 7) is 1.96. The Morgan fingerprint density at radius 3 is 2.60 bits per heavy atom. The molecule has 0 saturated heterocycles. The topological polar surface area (TPSA) is 32.3 Å². The fourth-order valence-electron chi connectivity index (χ4n) is 1.70. The van der Waals surface area contributed by atoms with Crippen molar-refractivity contribution >= 4 is 17.2 Å². The third kappa shape index (κ3) is 1.50. The lowest BCUT2D eigenvalue weighted by Crippen LogP contribution is -2.14. The summed E-state index contributed by atoms with van der Waals surface area (Å²) in [6, 6.07) is 7.76. The van der Waals surface area contributed by atoms with E-state index in [1.807, 2.05) is 50.2 Å². The zero-order chi connectivity index (χ0) is 11.0. The van der Waals surface area contributed by atoms with E-state index in [1.54, 1.807) is 0 Å². The first kappa shape index (κ1) is 9.77. The van der Waals surface area contributed by atoms with Crippen LogP contribution >= 0.6 is 0 Å². The maximum absolute atomic E-state index is 11.8. The Morgan fingerprint density at radius 1 is 1.27 bits per heavy atom. The molecule has 0 aliphatic carbocycles. The molecule has 0 radical (unpaired) electrons. The second-order valence-corrected chi connectivity index (χ2v) is 3.85. The molecule has 78 valence electrons.